The number of rotatable bonds is 3. The average molecular weight is 253 g/mol. The highest BCUT2D eigenvalue weighted by molar-refractivity contribution is 7.89. The monoisotopic (exact) mass is 253 g/mol. The van der Waals surface area contributed by atoms with Crippen molar-refractivity contribution in [3.63, 3.8) is 0 Å². The Bertz CT molecular complexity index is 354. The van der Waals surface area contributed by atoms with E-state index in [2.05, 4.69) is 4.40 Å². The number of ether oxygens (including phenoxy) is 1. The maximum atomic E-state index is 10.8. The van der Waals surface area contributed by atoms with Gasteiger partial charge in [0.1, 0.15) is 12.2 Å². The lowest BCUT2D eigenvalue weighted by Gasteiger charge is -2.35. The Morgan fingerprint density at radius 2 is 2.06 bits per heavy atom. The summed E-state index contributed by atoms with van der Waals surface area (Å²) >= 11 is 0. The fraction of sp³-hybridized carbons (Fsp3) is 0.875. The van der Waals surface area contributed by atoms with Gasteiger partial charge >= 0.3 is 0 Å². The predicted molar refractivity (Wildman–Crippen MR) is 55.7 cm³/mol. The van der Waals surface area contributed by atoms with Gasteiger partial charge in [0.05, 0.1) is 25.6 Å². The molecule has 0 amide bonds. The van der Waals surface area contributed by atoms with Crippen LogP contribution in [0.5, 0.6) is 0 Å². The molecule has 94 valence electrons. The Labute approximate surface area is 93.4 Å². The lowest BCUT2D eigenvalue weighted by atomic mass is 9.93. The lowest BCUT2D eigenvalue weighted by Crippen LogP contribution is -2.51. The highest BCUT2D eigenvalue weighted by atomic mass is 32.2. The molecule has 0 aromatic carbocycles. The summed E-state index contributed by atoms with van der Waals surface area (Å²) in [6, 6.07) is 0. The zero-order valence-electron chi connectivity index (χ0n) is 8.72. The average Bonchev–Trinajstić information content (AvgIpc) is 2.19. The van der Waals surface area contributed by atoms with Crippen LogP contribution < -0.4 is 0 Å². The zero-order valence-corrected chi connectivity index (χ0v) is 9.54. The summed E-state index contributed by atoms with van der Waals surface area (Å²) in [7, 11) is -3.51. The van der Waals surface area contributed by atoms with Crippen molar-refractivity contribution in [2.45, 2.75) is 18.3 Å². The minimum atomic E-state index is -3.51. The van der Waals surface area contributed by atoms with Gasteiger partial charge in [-0.2, -0.15) is 4.40 Å². The van der Waals surface area contributed by atoms with Crippen LogP contribution in [0.1, 0.15) is 0 Å². The van der Waals surface area contributed by atoms with E-state index in [1.54, 1.807) is 0 Å². The lowest BCUT2D eigenvalue weighted by molar-refractivity contribution is -0.160. The molecule has 1 unspecified atom stereocenters. The molecule has 3 N–H and O–H groups in total. The first-order valence-electron chi connectivity index (χ1n) is 4.69. The number of nitrogens with zero attached hydrogens (tertiary/aromatic N) is 1. The minimum absolute atomic E-state index is 0.00245. The fourth-order valence-electron chi connectivity index (χ4n) is 1.39. The Hall–Kier alpha value is -0.540. The maximum Gasteiger partial charge on any atom is 0.249 e. The number of aliphatic hydroxyl groups excluding tert-OH is 3. The Balaban J connectivity index is 2.68. The molecule has 7 nitrogen and oxygen atoms in total. The predicted octanol–water partition coefficient (Wildman–Crippen LogP) is -2.25. The zero-order chi connectivity index (χ0) is 12.3. The van der Waals surface area contributed by atoms with Crippen LogP contribution in [-0.2, 0) is 14.8 Å². The molecule has 1 aliphatic heterocycles. The molecule has 0 saturated carbocycles. The number of hydrogen-bond acceptors (Lipinski definition) is 6. The van der Waals surface area contributed by atoms with Crippen molar-refractivity contribution >= 4 is 16.2 Å². The Morgan fingerprint density at radius 3 is 2.56 bits per heavy atom. The highest BCUT2D eigenvalue weighted by Crippen LogP contribution is 2.19. The van der Waals surface area contributed by atoms with Gasteiger partial charge in [0.25, 0.3) is 0 Å². The molecule has 0 bridgehead atoms. The van der Waals surface area contributed by atoms with Crippen molar-refractivity contribution in [2.24, 2.45) is 10.3 Å². The van der Waals surface area contributed by atoms with Crippen LogP contribution in [0.15, 0.2) is 4.40 Å². The quantitative estimate of drug-likeness (QED) is 0.489. The summed E-state index contributed by atoms with van der Waals surface area (Å²) in [5.74, 6) is -0.701. The Morgan fingerprint density at radius 1 is 1.44 bits per heavy atom. The molecule has 1 saturated heterocycles. The summed E-state index contributed by atoms with van der Waals surface area (Å²) < 4.78 is 29.8. The van der Waals surface area contributed by atoms with Crippen molar-refractivity contribution in [1.82, 2.24) is 0 Å². The minimum Gasteiger partial charge on any atom is -0.394 e. The van der Waals surface area contributed by atoms with E-state index in [0.29, 0.717) is 0 Å². The van der Waals surface area contributed by atoms with E-state index in [1.165, 1.54) is 0 Å². The van der Waals surface area contributed by atoms with E-state index in [0.717, 1.165) is 12.5 Å². The largest absolute Gasteiger partial charge is 0.394 e. The standard InChI is InChI=1S/C8H15NO6S/c1-16(13,14)9-2-5-4-15-6(3-10)8(12)7(5)11/h2,5-8,10-12H,3-4H2,1H3/t5?,6-,7-,8+/m1/s1. The van der Waals surface area contributed by atoms with Crippen molar-refractivity contribution in [2.75, 3.05) is 19.5 Å². The van der Waals surface area contributed by atoms with E-state index in [1.807, 2.05) is 0 Å². The summed E-state index contributed by atoms with van der Waals surface area (Å²) in [4.78, 5) is 0. The third-order valence-corrected chi connectivity index (χ3v) is 2.80. The van der Waals surface area contributed by atoms with Gasteiger partial charge in [0.2, 0.25) is 10.0 Å². The van der Waals surface area contributed by atoms with Gasteiger partial charge in [-0.1, -0.05) is 0 Å². The number of sulfonamides is 1. The first-order valence-corrected chi connectivity index (χ1v) is 6.54. The van der Waals surface area contributed by atoms with Crippen LogP contribution in [0, 0.1) is 5.92 Å². The van der Waals surface area contributed by atoms with E-state index in [4.69, 9.17) is 9.84 Å². The molecule has 0 radical (unpaired) electrons. The molecule has 16 heavy (non-hydrogen) atoms. The second kappa shape index (κ2) is 5.19. The van der Waals surface area contributed by atoms with E-state index >= 15 is 0 Å². The first-order chi connectivity index (χ1) is 7.35. The molecule has 0 aliphatic carbocycles. The van der Waals surface area contributed by atoms with E-state index in [9.17, 15) is 18.6 Å². The van der Waals surface area contributed by atoms with Gasteiger partial charge in [0, 0.05) is 12.1 Å². The van der Waals surface area contributed by atoms with Crippen LogP contribution in [0.4, 0.5) is 0 Å². The smallest absolute Gasteiger partial charge is 0.249 e. The van der Waals surface area contributed by atoms with Gasteiger partial charge in [-0.25, -0.2) is 8.42 Å². The fourth-order valence-corrected chi connectivity index (χ4v) is 1.76. The van der Waals surface area contributed by atoms with Gasteiger partial charge in [-0.15, -0.1) is 0 Å². The van der Waals surface area contributed by atoms with Gasteiger partial charge in [-0.3, -0.25) is 0 Å². The summed E-state index contributed by atoms with van der Waals surface area (Å²) in [5, 5.41) is 27.9. The molecular formula is C8H15NO6S. The summed E-state index contributed by atoms with van der Waals surface area (Å²) in [5.41, 5.74) is 0. The SMILES string of the molecule is CS(=O)(=O)N=CC1CO[C@H](CO)[C@H](O)[C@@H]1O. The molecular weight excluding hydrogens is 238 g/mol. The molecule has 1 aliphatic rings. The molecule has 0 aromatic heterocycles. The Kier molecular flexibility index (Phi) is 4.39. The van der Waals surface area contributed by atoms with Gasteiger partial charge < -0.3 is 20.1 Å². The van der Waals surface area contributed by atoms with Crippen LogP contribution >= 0.6 is 0 Å². The number of hydrogen-bond donors (Lipinski definition) is 3. The van der Waals surface area contributed by atoms with Gasteiger partial charge in [-0.05, 0) is 0 Å². The molecule has 1 heterocycles. The maximum absolute atomic E-state index is 10.8. The molecule has 1 fully saturated rings. The van der Waals surface area contributed by atoms with Crippen LogP contribution in [0.25, 0.3) is 0 Å². The van der Waals surface area contributed by atoms with Crippen molar-refractivity contribution in [3.05, 3.63) is 0 Å². The molecule has 4 atom stereocenters. The topological polar surface area (TPSA) is 116 Å². The molecule has 0 spiro atoms. The van der Waals surface area contributed by atoms with Crippen LogP contribution in [-0.4, -0.2) is 67.7 Å². The number of aliphatic hydroxyl groups is 3. The normalized spacial score (nSPS) is 36.8. The second-order valence-corrected chi connectivity index (χ2v) is 5.36. The van der Waals surface area contributed by atoms with Crippen molar-refractivity contribution in [3.8, 4) is 0 Å². The summed E-state index contributed by atoms with van der Waals surface area (Å²) in [6.07, 6.45) is -1.34. The summed E-state index contributed by atoms with van der Waals surface area (Å²) in [6.45, 7) is -0.406. The highest BCUT2D eigenvalue weighted by Gasteiger charge is 2.37. The van der Waals surface area contributed by atoms with Crippen molar-refractivity contribution in [1.29, 1.82) is 0 Å². The van der Waals surface area contributed by atoms with E-state index < -0.39 is 40.9 Å². The third-order valence-electron chi connectivity index (χ3n) is 2.30. The van der Waals surface area contributed by atoms with Crippen molar-refractivity contribution < 1.29 is 28.5 Å². The molecule has 0 aromatic rings. The first kappa shape index (κ1) is 13.5. The molecule has 8 heteroatoms. The third kappa shape index (κ3) is 3.49. The van der Waals surface area contributed by atoms with Crippen LogP contribution in [0.3, 0.4) is 0 Å². The molecule has 1 rings (SSSR count). The second-order valence-electron chi connectivity index (χ2n) is 3.69. The van der Waals surface area contributed by atoms with Gasteiger partial charge in [0.15, 0.2) is 0 Å². The van der Waals surface area contributed by atoms with E-state index in [-0.39, 0.29) is 6.61 Å². The van der Waals surface area contributed by atoms with Crippen LogP contribution in [0.2, 0.25) is 0 Å².